The summed E-state index contributed by atoms with van der Waals surface area (Å²) in [5.41, 5.74) is -1.18. The molecule has 2 amide bonds. The number of carbonyl (C=O) groups excluding carboxylic acids is 1. The SMILES string of the molecule is CCC(CC)(NC(=O)N1CCC(C(C)O)CC1)C(=O)O. The molecule has 1 aliphatic rings. The lowest BCUT2D eigenvalue weighted by atomic mass is 9.91. The fraction of sp³-hybridized carbons (Fsp3) is 0.857. The number of likely N-dealkylation sites (tertiary alicyclic amines) is 1. The van der Waals surface area contributed by atoms with Gasteiger partial charge in [-0.2, -0.15) is 0 Å². The Balaban J connectivity index is 2.61. The van der Waals surface area contributed by atoms with E-state index in [1.165, 1.54) is 0 Å². The van der Waals surface area contributed by atoms with Gasteiger partial charge < -0.3 is 20.4 Å². The summed E-state index contributed by atoms with van der Waals surface area (Å²) in [6.45, 7) is 6.41. The van der Waals surface area contributed by atoms with Crippen LogP contribution in [0.2, 0.25) is 0 Å². The van der Waals surface area contributed by atoms with Gasteiger partial charge in [0.1, 0.15) is 5.54 Å². The van der Waals surface area contributed by atoms with E-state index < -0.39 is 11.5 Å². The van der Waals surface area contributed by atoms with E-state index in [2.05, 4.69) is 5.32 Å². The second-order valence-electron chi connectivity index (χ2n) is 5.59. The first-order chi connectivity index (χ1) is 9.36. The number of nitrogens with zero attached hydrogens (tertiary/aromatic N) is 1. The van der Waals surface area contributed by atoms with E-state index in [-0.39, 0.29) is 18.1 Å². The van der Waals surface area contributed by atoms with Crippen molar-refractivity contribution in [2.24, 2.45) is 5.92 Å². The van der Waals surface area contributed by atoms with E-state index >= 15 is 0 Å². The lowest BCUT2D eigenvalue weighted by molar-refractivity contribution is -0.144. The standard InChI is InChI=1S/C14H26N2O4/c1-4-14(5-2,12(18)19)15-13(20)16-8-6-11(7-9-16)10(3)17/h10-11,17H,4-9H2,1-3H3,(H,15,20)(H,18,19). The maximum Gasteiger partial charge on any atom is 0.329 e. The van der Waals surface area contributed by atoms with Crippen LogP contribution in [0.1, 0.15) is 46.5 Å². The minimum Gasteiger partial charge on any atom is -0.480 e. The zero-order valence-electron chi connectivity index (χ0n) is 12.6. The number of aliphatic hydroxyl groups excluding tert-OH is 1. The Bertz CT molecular complexity index is 345. The molecule has 1 rings (SSSR count). The van der Waals surface area contributed by atoms with Crippen LogP contribution in [0, 0.1) is 5.92 Å². The fourth-order valence-corrected chi connectivity index (χ4v) is 2.65. The molecule has 0 radical (unpaired) electrons. The molecular weight excluding hydrogens is 260 g/mol. The van der Waals surface area contributed by atoms with Crippen molar-refractivity contribution in [3.8, 4) is 0 Å². The van der Waals surface area contributed by atoms with Crippen LogP contribution >= 0.6 is 0 Å². The van der Waals surface area contributed by atoms with E-state index in [1.54, 1.807) is 25.7 Å². The van der Waals surface area contributed by atoms with Gasteiger partial charge in [-0.15, -0.1) is 0 Å². The van der Waals surface area contributed by atoms with Gasteiger partial charge in [0.15, 0.2) is 0 Å². The largest absolute Gasteiger partial charge is 0.480 e. The number of rotatable bonds is 5. The Morgan fingerprint density at radius 1 is 1.30 bits per heavy atom. The molecule has 0 bridgehead atoms. The van der Waals surface area contributed by atoms with Gasteiger partial charge in [0.2, 0.25) is 0 Å². The Morgan fingerprint density at radius 2 is 1.80 bits per heavy atom. The van der Waals surface area contributed by atoms with Gasteiger partial charge in [-0.25, -0.2) is 9.59 Å². The number of urea groups is 1. The Morgan fingerprint density at radius 3 is 2.15 bits per heavy atom. The second kappa shape index (κ2) is 6.92. The van der Waals surface area contributed by atoms with E-state index in [4.69, 9.17) is 0 Å². The molecule has 0 aromatic heterocycles. The topological polar surface area (TPSA) is 89.9 Å². The molecular formula is C14H26N2O4. The summed E-state index contributed by atoms with van der Waals surface area (Å²) in [7, 11) is 0. The van der Waals surface area contributed by atoms with E-state index in [0.717, 1.165) is 12.8 Å². The molecule has 1 fully saturated rings. The van der Waals surface area contributed by atoms with Crippen LogP contribution in [0.3, 0.4) is 0 Å². The van der Waals surface area contributed by atoms with Crippen LogP contribution in [0.4, 0.5) is 4.79 Å². The van der Waals surface area contributed by atoms with Gasteiger partial charge in [-0.05, 0) is 38.5 Å². The van der Waals surface area contributed by atoms with Crippen LogP contribution in [0.15, 0.2) is 0 Å². The highest BCUT2D eigenvalue weighted by Crippen LogP contribution is 2.22. The van der Waals surface area contributed by atoms with E-state index in [1.807, 2.05) is 0 Å². The quantitative estimate of drug-likeness (QED) is 0.713. The first-order valence-electron chi connectivity index (χ1n) is 7.34. The van der Waals surface area contributed by atoms with Crippen molar-refractivity contribution in [2.75, 3.05) is 13.1 Å². The normalized spacial score (nSPS) is 18.7. The number of piperidine rings is 1. The lowest BCUT2D eigenvalue weighted by Crippen LogP contribution is -2.58. The molecule has 1 unspecified atom stereocenters. The summed E-state index contributed by atoms with van der Waals surface area (Å²) in [5, 5.41) is 21.5. The Labute approximate surface area is 120 Å². The number of aliphatic hydroxyl groups is 1. The van der Waals surface area contributed by atoms with Crippen molar-refractivity contribution in [1.82, 2.24) is 10.2 Å². The molecule has 3 N–H and O–H groups in total. The average molecular weight is 286 g/mol. The average Bonchev–Trinajstić information content (AvgIpc) is 2.44. The van der Waals surface area contributed by atoms with Crippen LogP contribution in [-0.2, 0) is 4.79 Å². The van der Waals surface area contributed by atoms with E-state index in [9.17, 15) is 19.8 Å². The van der Waals surface area contributed by atoms with Gasteiger partial charge in [-0.1, -0.05) is 13.8 Å². The summed E-state index contributed by atoms with van der Waals surface area (Å²) in [4.78, 5) is 25.2. The third kappa shape index (κ3) is 3.62. The summed E-state index contributed by atoms with van der Waals surface area (Å²) in [6, 6.07) is -0.319. The minimum atomic E-state index is -1.18. The molecule has 1 saturated heterocycles. The highest BCUT2D eigenvalue weighted by Gasteiger charge is 2.38. The molecule has 116 valence electrons. The minimum absolute atomic E-state index is 0.223. The van der Waals surface area contributed by atoms with Crippen molar-refractivity contribution in [3.05, 3.63) is 0 Å². The van der Waals surface area contributed by atoms with Crippen LogP contribution in [0.25, 0.3) is 0 Å². The maximum atomic E-state index is 12.2. The fourth-order valence-electron chi connectivity index (χ4n) is 2.65. The molecule has 1 heterocycles. The highest BCUT2D eigenvalue weighted by molar-refractivity contribution is 5.86. The molecule has 6 heteroatoms. The number of amides is 2. The summed E-state index contributed by atoms with van der Waals surface area (Å²) < 4.78 is 0. The molecule has 1 aliphatic heterocycles. The monoisotopic (exact) mass is 286 g/mol. The predicted molar refractivity (Wildman–Crippen MR) is 75.5 cm³/mol. The number of carboxylic acid groups (broad SMARTS) is 1. The van der Waals surface area contributed by atoms with Crippen molar-refractivity contribution in [2.45, 2.75) is 58.1 Å². The third-order valence-corrected chi connectivity index (χ3v) is 4.47. The van der Waals surface area contributed by atoms with Gasteiger partial charge in [0, 0.05) is 13.1 Å². The number of aliphatic carboxylic acids is 1. The Kier molecular flexibility index (Phi) is 5.80. The number of carbonyl (C=O) groups is 2. The van der Waals surface area contributed by atoms with Gasteiger partial charge in [-0.3, -0.25) is 0 Å². The summed E-state index contributed by atoms with van der Waals surface area (Å²) in [6.07, 6.45) is 1.86. The first kappa shape index (κ1) is 16.8. The molecule has 0 spiro atoms. The van der Waals surface area contributed by atoms with Crippen LogP contribution in [-0.4, -0.2) is 51.8 Å². The molecule has 6 nitrogen and oxygen atoms in total. The van der Waals surface area contributed by atoms with Crippen molar-refractivity contribution < 1.29 is 19.8 Å². The van der Waals surface area contributed by atoms with Crippen LogP contribution in [0.5, 0.6) is 0 Å². The molecule has 1 atom stereocenters. The second-order valence-corrected chi connectivity index (χ2v) is 5.59. The Hall–Kier alpha value is -1.30. The summed E-state index contributed by atoms with van der Waals surface area (Å²) >= 11 is 0. The zero-order chi connectivity index (χ0) is 15.3. The highest BCUT2D eigenvalue weighted by atomic mass is 16.4. The van der Waals surface area contributed by atoms with E-state index in [0.29, 0.717) is 25.9 Å². The summed E-state index contributed by atoms with van der Waals surface area (Å²) in [5.74, 6) is -0.768. The number of hydrogen-bond acceptors (Lipinski definition) is 3. The first-order valence-corrected chi connectivity index (χ1v) is 7.34. The molecule has 0 aliphatic carbocycles. The zero-order valence-corrected chi connectivity index (χ0v) is 12.6. The van der Waals surface area contributed by atoms with Gasteiger partial charge in [0.25, 0.3) is 0 Å². The molecule has 0 saturated carbocycles. The molecule has 20 heavy (non-hydrogen) atoms. The molecule has 0 aromatic rings. The smallest absolute Gasteiger partial charge is 0.329 e. The van der Waals surface area contributed by atoms with Crippen molar-refractivity contribution in [1.29, 1.82) is 0 Å². The lowest BCUT2D eigenvalue weighted by Gasteiger charge is -2.36. The van der Waals surface area contributed by atoms with Crippen molar-refractivity contribution >= 4 is 12.0 Å². The number of carboxylic acids is 1. The maximum absolute atomic E-state index is 12.2. The van der Waals surface area contributed by atoms with Gasteiger partial charge >= 0.3 is 12.0 Å². The number of hydrogen-bond donors (Lipinski definition) is 3. The van der Waals surface area contributed by atoms with Gasteiger partial charge in [0.05, 0.1) is 6.10 Å². The van der Waals surface area contributed by atoms with Crippen molar-refractivity contribution in [3.63, 3.8) is 0 Å². The third-order valence-electron chi connectivity index (χ3n) is 4.47. The predicted octanol–water partition coefficient (Wildman–Crippen LogP) is 1.43. The number of nitrogens with one attached hydrogen (secondary N) is 1. The van der Waals surface area contributed by atoms with Crippen LogP contribution < -0.4 is 5.32 Å². The molecule has 0 aromatic carbocycles.